The fourth-order valence-electron chi connectivity index (χ4n) is 1.31. The minimum absolute atomic E-state index is 0.0369. The lowest BCUT2D eigenvalue weighted by molar-refractivity contribution is -0.138. The van der Waals surface area contributed by atoms with Crippen LogP contribution in [0.1, 0.15) is 5.56 Å². The van der Waals surface area contributed by atoms with Gasteiger partial charge in [-0.15, -0.1) is 0 Å². The Morgan fingerprint density at radius 1 is 1.50 bits per heavy atom. The lowest BCUT2D eigenvalue weighted by Crippen LogP contribution is -2.18. The minimum atomic E-state index is -1.14. The number of aliphatic carboxylic acids is 1. The molecule has 0 fully saturated rings. The molecule has 1 aromatic carbocycles. The third-order valence-corrected chi connectivity index (χ3v) is 2.10. The second-order valence-electron chi connectivity index (χ2n) is 3.22. The molecule has 1 atom stereocenters. The van der Waals surface area contributed by atoms with Crippen LogP contribution in [-0.4, -0.2) is 29.6 Å². The third-order valence-electron chi connectivity index (χ3n) is 2.10. The number of nitrogens with zero attached hydrogens (tertiary/aromatic N) is 1. The highest BCUT2D eigenvalue weighted by atomic mass is 19.1. The van der Waals surface area contributed by atoms with Gasteiger partial charge in [-0.25, -0.2) is 18.6 Å². The Morgan fingerprint density at radius 3 is 2.81 bits per heavy atom. The maximum atomic E-state index is 13.3. The molecule has 0 unspecified atom stereocenters. The van der Waals surface area contributed by atoms with Crippen molar-refractivity contribution in [3.05, 3.63) is 35.4 Å². The molecule has 1 heterocycles. The number of hydrogen-bond acceptors (Lipinski definition) is 3. The predicted molar refractivity (Wildman–Crippen MR) is 50.3 cm³/mol. The summed E-state index contributed by atoms with van der Waals surface area (Å²) in [5.41, 5.74) is -0.0369. The largest absolute Gasteiger partial charge is 0.480 e. The van der Waals surface area contributed by atoms with E-state index in [0.29, 0.717) is 6.07 Å². The highest BCUT2D eigenvalue weighted by molar-refractivity contribution is 5.97. The lowest BCUT2D eigenvalue weighted by atomic mass is 10.2. The number of benzene rings is 1. The Kier molecular flexibility index (Phi) is 2.55. The summed E-state index contributed by atoms with van der Waals surface area (Å²) in [5.74, 6) is -2.79. The Bertz CT molecular complexity index is 473. The highest BCUT2D eigenvalue weighted by Gasteiger charge is 2.27. The van der Waals surface area contributed by atoms with E-state index in [1.165, 1.54) is 0 Å². The van der Waals surface area contributed by atoms with Gasteiger partial charge in [0.1, 0.15) is 18.2 Å². The SMILES string of the molecule is O=C(O)[C@@H]1COC(c2ccc(F)cc2F)=N1. The molecule has 1 N–H and O–H groups in total. The molecular weight excluding hydrogens is 220 g/mol. The molecule has 4 nitrogen and oxygen atoms in total. The molecule has 1 aliphatic heterocycles. The van der Waals surface area contributed by atoms with Gasteiger partial charge in [0.2, 0.25) is 5.90 Å². The van der Waals surface area contributed by atoms with E-state index < -0.39 is 23.6 Å². The zero-order chi connectivity index (χ0) is 11.7. The van der Waals surface area contributed by atoms with Crippen molar-refractivity contribution in [2.75, 3.05) is 6.61 Å². The maximum absolute atomic E-state index is 13.3. The second-order valence-corrected chi connectivity index (χ2v) is 3.22. The minimum Gasteiger partial charge on any atom is -0.480 e. The molecule has 84 valence electrons. The monoisotopic (exact) mass is 227 g/mol. The smallest absolute Gasteiger partial charge is 0.332 e. The first-order valence-corrected chi connectivity index (χ1v) is 4.47. The fraction of sp³-hybridized carbons (Fsp3) is 0.200. The van der Waals surface area contributed by atoms with E-state index in [-0.39, 0.29) is 18.1 Å². The molecule has 0 amide bonds. The summed E-state index contributed by atoms with van der Waals surface area (Å²) in [4.78, 5) is 14.3. The van der Waals surface area contributed by atoms with E-state index in [9.17, 15) is 13.6 Å². The summed E-state index contributed by atoms with van der Waals surface area (Å²) in [5, 5.41) is 8.65. The number of carbonyl (C=O) groups is 1. The number of halogens is 2. The van der Waals surface area contributed by atoms with Gasteiger partial charge in [-0.05, 0) is 12.1 Å². The van der Waals surface area contributed by atoms with Crippen molar-refractivity contribution in [3.8, 4) is 0 Å². The van der Waals surface area contributed by atoms with Crippen molar-refractivity contribution in [3.63, 3.8) is 0 Å². The maximum Gasteiger partial charge on any atom is 0.332 e. The van der Waals surface area contributed by atoms with Crippen molar-refractivity contribution in [1.29, 1.82) is 0 Å². The average Bonchev–Trinajstić information content (AvgIpc) is 2.66. The highest BCUT2D eigenvalue weighted by Crippen LogP contribution is 2.16. The van der Waals surface area contributed by atoms with Gasteiger partial charge in [0, 0.05) is 6.07 Å². The first-order valence-electron chi connectivity index (χ1n) is 4.47. The van der Waals surface area contributed by atoms with E-state index in [1.807, 2.05) is 0 Å². The van der Waals surface area contributed by atoms with Crippen LogP contribution >= 0.6 is 0 Å². The zero-order valence-corrected chi connectivity index (χ0v) is 7.98. The Balaban J connectivity index is 2.32. The van der Waals surface area contributed by atoms with Gasteiger partial charge in [0.15, 0.2) is 6.04 Å². The molecule has 0 saturated heterocycles. The zero-order valence-electron chi connectivity index (χ0n) is 7.98. The number of ether oxygens (including phenoxy) is 1. The summed E-state index contributed by atoms with van der Waals surface area (Å²) in [6.07, 6.45) is 0. The van der Waals surface area contributed by atoms with E-state index >= 15 is 0 Å². The van der Waals surface area contributed by atoms with Crippen LogP contribution in [0.4, 0.5) is 8.78 Å². The predicted octanol–water partition coefficient (Wildman–Crippen LogP) is 1.19. The standard InChI is InChI=1S/C10H7F2NO3/c11-5-1-2-6(7(12)3-5)9-13-8(4-16-9)10(14)15/h1-3,8H,4H2,(H,14,15)/t8-/m0/s1. The van der Waals surface area contributed by atoms with Crippen LogP contribution in [0.15, 0.2) is 23.2 Å². The van der Waals surface area contributed by atoms with Gasteiger partial charge in [0.05, 0.1) is 5.56 Å². The first-order chi connectivity index (χ1) is 7.58. The Labute approximate surface area is 89.2 Å². The molecule has 1 aliphatic rings. The summed E-state index contributed by atoms with van der Waals surface area (Å²) in [6, 6.07) is 1.88. The molecule has 16 heavy (non-hydrogen) atoms. The molecule has 0 aromatic heterocycles. The molecule has 6 heteroatoms. The van der Waals surface area contributed by atoms with Crippen LogP contribution in [0.5, 0.6) is 0 Å². The van der Waals surface area contributed by atoms with Crippen molar-refractivity contribution in [1.82, 2.24) is 0 Å². The van der Waals surface area contributed by atoms with Gasteiger partial charge in [0.25, 0.3) is 0 Å². The summed E-state index contributed by atoms with van der Waals surface area (Å²) in [6.45, 7) is -0.137. The molecule has 0 radical (unpaired) electrons. The van der Waals surface area contributed by atoms with Gasteiger partial charge < -0.3 is 9.84 Å². The first kappa shape index (κ1) is 10.5. The van der Waals surface area contributed by atoms with E-state index in [2.05, 4.69) is 4.99 Å². The quantitative estimate of drug-likeness (QED) is 0.825. The molecule has 0 aliphatic carbocycles. The second kappa shape index (κ2) is 3.88. The van der Waals surface area contributed by atoms with Crippen LogP contribution in [0.3, 0.4) is 0 Å². The summed E-state index contributed by atoms with van der Waals surface area (Å²) < 4.78 is 30.8. The molecular formula is C10H7F2NO3. The summed E-state index contributed by atoms with van der Waals surface area (Å²) >= 11 is 0. The number of carboxylic acids is 1. The van der Waals surface area contributed by atoms with E-state index in [4.69, 9.17) is 9.84 Å². The van der Waals surface area contributed by atoms with Gasteiger partial charge >= 0.3 is 5.97 Å². The molecule has 0 bridgehead atoms. The van der Waals surface area contributed by atoms with Crippen LogP contribution < -0.4 is 0 Å². The van der Waals surface area contributed by atoms with Crippen LogP contribution in [0.2, 0.25) is 0 Å². The normalized spacial score (nSPS) is 19.1. The van der Waals surface area contributed by atoms with Crippen LogP contribution in [0.25, 0.3) is 0 Å². The van der Waals surface area contributed by atoms with Gasteiger partial charge in [-0.1, -0.05) is 0 Å². The number of aliphatic imine (C=N–C) groups is 1. The van der Waals surface area contributed by atoms with Crippen LogP contribution in [-0.2, 0) is 9.53 Å². The number of carboxylic acid groups (broad SMARTS) is 1. The Morgan fingerprint density at radius 2 is 2.25 bits per heavy atom. The molecule has 0 saturated carbocycles. The van der Waals surface area contributed by atoms with Crippen molar-refractivity contribution < 1.29 is 23.4 Å². The number of rotatable bonds is 2. The van der Waals surface area contributed by atoms with Crippen molar-refractivity contribution in [2.45, 2.75) is 6.04 Å². The topological polar surface area (TPSA) is 58.9 Å². The van der Waals surface area contributed by atoms with Gasteiger partial charge in [-0.3, -0.25) is 0 Å². The van der Waals surface area contributed by atoms with Crippen LogP contribution in [0, 0.1) is 11.6 Å². The lowest BCUT2D eigenvalue weighted by Gasteiger charge is -2.02. The van der Waals surface area contributed by atoms with E-state index in [0.717, 1.165) is 12.1 Å². The molecule has 1 aromatic rings. The van der Waals surface area contributed by atoms with E-state index in [1.54, 1.807) is 0 Å². The number of hydrogen-bond donors (Lipinski definition) is 1. The third kappa shape index (κ3) is 1.86. The van der Waals surface area contributed by atoms with Gasteiger partial charge in [-0.2, -0.15) is 0 Å². The van der Waals surface area contributed by atoms with Crippen molar-refractivity contribution >= 4 is 11.9 Å². The Hall–Kier alpha value is -1.98. The van der Waals surface area contributed by atoms with Crippen molar-refractivity contribution in [2.24, 2.45) is 4.99 Å². The summed E-state index contributed by atoms with van der Waals surface area (Å²) in [7, 11) is 0. The average molecular weight is 227 g/mol. The molecule has 2 rings (SSSR count). The molecule has 0 spiro atoms. The fourth-order valence-corrected chi connectivity index (χ4v) is 1.31.